The summed E-state index contributed by atoms with van der Waals surface area (Å²) in [6, 6.07) is 12.9. The zero-order chi connectivity index (χ0) is 18.0. The van der Waals surface area contributed by atoms with Crippen molar-refractivity contribution in [1.29, 1.82) is 0 Å². The number of aromatic hydroxyl groups is 1. The summed E-state index contributed by atoms with van der Waals surface area (Å²) in [6.45, 7) is 0.462. The molecule has 0 aromatic heterocycles. The molecule has 1 aliphatic heterocycles. The van der Waals surface area contributed by atoms with Crippen molar-refractivity contribution in [3.8, 4) is 5.75 Å². The van der Waals surface area contributed by atoms with E-state index in [-0.39, 0.29) is 42.0 Å². The predicted octanol–water partition coefficient (Wildman–Crippen LogP) is 3.04. The van der Waals surface area contributed by atoms with Gasteiger partial charge in [0.2, 0.25) is 10.0 Å². The number of phenols is 1. The van der Waals surface area contributed by atoms with Crippen LogP contribution < -0.4 is 0 Å². The van der Waals surface area contributed by atoms with Crippen LogP contribution in [0.5, 0.6) is 5.75 Å². The average Bonchev–Trinajstić information content (AvgIpc) is 3.01. The Hall–Kier alpha value is -1.89. The molecule has 1 fully saturated rings. The first-order valence-electron chi connectivity index (χ1n) is 7.90. The van der Waals surface area contributed by atoms with Gasteiger partial charge in [0.15, 0.2) is 0 Å². The lowest BCUT2D eigenvalue weighted by molar-refractivity contribution is -0.108. The normalized spacial score (nSPS) is 21.3. The summed E-state index contributed by atoms with van der Waals surface area (Å²) in [5.41, 5.74) is 0.670. The predicted molar refractivity (Wildman–Crippen MR) is 95.2 cm³/mol. The van der Waals surface area contributed by atoms with Crippen molar-refractivity contribution in [2.45, 2.75) is 17.2 Å². The van der Waals surface area contributed by atoms with Crippen LogP contribution in [0.4, 0.5) is 0 Å². The Morgan fingerprint density at radius 3 is 2.44 bits per heavy atom. The van der Waals surface area contributed by atoms with Crippen LogP contribution in [0.1, 0.15) is 17.9 Å². The number of nitrogens with zero attached hydrogens (tertiary/aromatic N) is 1. The Kier molecular flexibility index (Phi) is 5.13. The Morgan fingerprint density at radius 1 is 1.12 bits per heavy atom. The number of carbonyl (C=O) groups excluding carboxylic acids is 1. The van der Waals surface area contributed by atoms with Crippen LogP contribution in [0.15, 0.2) is 53.4 Å². The van der Waals surface area contributed by atoms with Gasteiger partial charge in [-0.25, -0.2) is 8.42 Å². The first-order chi connectivity index (χ1) is 11.9. The smallest absolute Gasteiger partial charge is 0.243 e. The van der Waals surface area contributed by atoms with Crippen molar-refractivity contribution in [2.75, 3.05) is 13.1 Å². The summed E-state index contributed by atoms with van der Waals surface area (Å²) in [4.78, 5) is 11.2. The average molecular weight is 380 g/mol. The summed E-state index contributed by atoms with van der Waals surface area (Å²) < 4.78 is 27.2. The van der Waals surface area contributed by atoms with Crippen LogP contribution in [-0.4, -0.2) is 37.2 Å². The monoisotopic (exact) mass is 379 g/mol. The minimum atomic E-state index is -3.68. The van der Waals surface area contributed by atoms with Gasteiger partial charge in [-0.3, -0.25) is 0 Å². The largest absolute Gasteiger partial charge is 0.508 e. The summed E-state index contributed by atoms with van der Waals surface area (Å²) in [5, 5.41) is 10.6. The summed E-state index contributed by atoms with van der Waals surface area (Å²) in [7, 11) is -3.68. The molecule has 2 atom stereocenters. The fourth-order valence-electron chi connectivity index (χ4n) is 3.30. The maximum atomic E-state index is 12.9. The number of hydrogen-bond acceptors (Lipinski definition) is 4. The highest BCUT2D eigenvalue weighted by atomic mass is 35.5. The second kappa shape index (κ2) is 7.15. The van der Waals surface area contributed by atoms with Gasteiger partial charge in [-0.2, -0.15) is 4.31 Å². The number of phenolic OH excluding ortho intramolecular Hbond substituents is 1. The molecule has 2 aromatic rings. The molecular formula is C18H18ClNO4S. The molecule has 25 heavy (non-hydrogen) atoms. The van der Waals surface area contributed by atoms with E-state index in [0.29, 0.717) is 10.6 Å². The number of aldehydes is 1. The second-order valence-electron chi connectivity index (χ2n) is 6.10. The molecule has 0 saturated carbocycles. The third-order valence-electron chi connectivity index (χ3n) is 4.59. The number of benzene rings is 2. The van der Waals surface area contributed by atoms with E-state index in [1.165, 1.54) is 28.6 Å². The van der Waals surface area contributed by atoms with Gasteiger partial charge in [0.1, 0.15) is 12.0 Å². The maximum Gasteiger partial charge on any atom is 0.243 e. The molecule has 0 radical (unpaired) electrons. The van der Waals surface area contributed by atoms with Crippen molar-refractivity contribution in [3.63, 3.8) is 0 Å². The molecular weight excluding hydrogens is 362 g/mol. The molecule has 3 rings (SSSR count). The van der Waals surface area contributed by atoms with Crippen LogP contribution in [0.25, 0.3) is 0 Å². The number of para-hydroxylation sites is 1. The van der Waals surface area contributed by atoms with E-state index >= 15 is 0 Å². The highest BCUT2D eigenvalue weighted by molar-refractivity contribution is 7.89. The summed E-state index contributed by atoms with van der Waals surface area (Å²) in [5.74, 6) is -0.282. The third-order valence-corrected chi connectivity index (χ3v) is 6.69. The number of rotatable bonds is 5. The highest BCUT2D eigenvalue weighted by Crippen LogP contribution is 2.40. The molecule has 5 nitrogen and oxygen atoms in total. The third kappa shape index (κ3) is 3.56. The topological polar surface area (TPSA) is 74.7 Å². The molecule has 132 valence electrons. The maximum absolute atomic E-state index is 12.9. The van der Waals surface area contributed by atoms with E-state index in [2.05, 4.69) is 0 Å². The Morgan fingerprint density at radius 2 is 1.80 bits per heavy atom. The minimum absolute atomic E-state index is 0.120. The minimum Gasteiger partial charge on any atom is -0.508 e. The van der Waals surface area contributed by atoms with Crippen LogP contribution in [0, 0.1) is 5.92 Å². The number of carbonyl (C=O) groups is 1. The zero-order valence-corrected chi connectivity index (χ0v) is 14.9. The Bertz CT molecular complexity index is 867. The molecule has 0 aliphatic carbocycles. The van der Waals surface area contributed by atoms with E-state index in [1.807, 2.05) is 0 Å². The second-order valence-corrected chi connectivity index (χ2v) is 8.48. The van der Waals surface area contributed by atoms with Gasteiger partial charge >= 0.3 is 0 Å². The Balaban J connectivity index is 1.93. The SMILES string of the molecule is O=CC[C@H]1CN(S(=O)(=O)c2ccc(Cl)cc2)C[C@@H]1c1ccccc1O. The van der Waals surface area contributed by atoms with E-state index in [9.17, 15) is 18.3 Å². The molecule has 7 heteroatoms. The zero-order valence-electron chi connectivity index (χ0n) is 13.4. The molecule has 0 spiro atoms. The van der Waals surface area contributed by atoms with Crippen molar-refractivity contribution >= 4 is 27.9 Å². The standard InChI is InChI=1S/C18H18ClNO4S/c19-14-5-7-15(8-6-14)25(23,24)20-11-13(9-10-21)17(12-20)16-3-1-2-4-18(16)22/h1-8,10,13,17,22H,9,11-12H2/t13-,17-/m0/s1. The van der Waals surface area contributed by atoms with Gasteiger partial charge in [-0.1, -0.05) is 29.8 Å². The molecule has 0 amide bonds. The number of sulfonamides is 1. The van der Waals surface area contributed by atoms with Gasteiger partial charge in [-0.05, 0) is 41.8 Å². The van der Waals surface area contributed by atoms with Crippen molar-refractivity contribution < 1.29 is 18.3 Å². The van der Waals surface area contributed by atoms with E-state index in [4.69, 9.17) is 11.6 Å². The van der Waals surface area contributed by atoms with Crippen LogP contribution in [0.2, 0.25) is 5.02 Å². The molecule has 1 heterocycles. The van der Waals surface area contributed by atoms with Gasteiger partial charge in [0.25, 0.3) is 0 Å². The fraction of sp³-hybridized carbons (Fsp3) is 0.278. The first-order valence-corrected chi connectivity index (χ1v) is 9.72. The molecule has 1 aliphatic rings. The quantitative estimate of drug-likeness (QED) is 0.810. The summed E-state index contributed by atoms with van der Waals surface area (Å²) in [6.07, 6.45) is 1.04. The lowest BCUT2D eigenvalue weighted by atomic mass is 9.87. The number of halogens is 1. The molecule has 1 N–H and O–H groups in total. The lowest BCUT2D eigenvalue weighted by Gasteiger charge is -2.18. The number of hydrogen-bond donors (Lipinski definition) is 1. The van der Waals surface area contributed by atoms with Crippen LogP contribution in [-0.2, 0) is 14.8 Å². The molecule has 1 saturated heterocycles. The van der Waals surface area contributed by atoms with Crippen LogP contribution >= 0.6 is 11.6 Å². The molecule has 2 aromatic carbocycles. The first kappa shape index (κ1) is 17.9. The molecule has 0 bridgehead atoms. The van der Waals surface area contributed by atoms with E-state index < -0.39 is 10.0 Å². The van der Waals surface area contributed by atoms with Crippen molar-refractivity contribution in [2.24, 2.45) is 5.92 Å². The van der Waals surface area contributed by atoms with Gasteiger partial charge in [0.05, 0.1) is 4.90 Å². The Labute approximate surface area is 151 Å². The molecule has 0 unspecified atom stereocenters. The van der Waals surface area contributed by atoms with Crippen molar-refractivity contribution in [1.82, 2.24) is 4.31 Å². The summed E-state index contributed by atoms with van der Waals surface area (Å²) >= 11 is 5.83. The lowest BCUT2D eigenvalue weighted by Crippen LogP contribution is -2.29. The highest BCUT2D eigenvalue weighted by Gasteiger charge is 2.40. The van der Waals surface area contributed by atoms with Crippen molar-refractivity contribution in [3.05, 3.63) is 59.1 Å². The van der Waals surface area contributed by atoms with Gasteiger partial charge in [0, 0.05) is 30.5 Å². The fourth-order valence-corrected chi connectivity index (χ4v) is 4.95. The van der Waals surface area contributed by atoms with Gasteiger partial charge in [-0.15, -0.1) is 0 Å². The van der Waals surface area contributed by atoms with Gasteiger partial charge < -0.3 is 9.90 Å². The van der Waals surface area contributed by atoms with Crippen LogP contribution in [0.3, 0.4) is 0 Å². The van der Waals surface area contributed by atoms with E-state index in [0.717, 1.165) is 6.29 Å². The van der Waals surface area contributed by atoms with E-state index in [1.54, 1.807) is 24.3 Å².